The summed E-state index contributed by atoms with van der Waals surface area (Å²) in [6.45, 7) is 8.12. The number of piperidine rings is 1. The number of carbonyl (C=O) groups excluding carboxylic acids is 1. The van der Waals surface area contributed by atoms with Gasteiger partial charge < -0.3 is 14.5 Å². The molecule has 30 heavy (non-hydrogen) atoms. The van der Waals surface area contributed by atoms with Crippen molar-refractivity contribution in [3.8, 4) is 5.75 Å². The molecule has 2 heterocycles. The third-order valence-corrected chi connectivity index (χ3v) is 6.17. The fourth-order valence-electron chi connectivity index (χ4n) is 4.29. The predicted octanol–water partition coefficient (Wildman–Crippen LogP) is 4.75. The lowest BCUT2D eigenvalue weighted by molar-refractivity contribution is 0.0742. The highest BCUT2D eigenvalue weighted by atomic mass is 16.5. The zero-order valence-corrected chi connectivity index (χ0v) is 18.3. The molecule has 0 bridgehead atoms. The van der Waals surface area contributed by atoms with Crippen LogP contribution in [0.3, 0.4) is 0 Å². The van der Waals surface area contributed by atoms with Gasteiger partial charge in [-0.05, 0) is 81.8 Å². The van der Waals surface area contributed by atoms with Gasteiger partial charge >= 0.3 is 0 Å². The van der Waals surface area contributed by atoms with Gasteiger partial charge in [-0.15, -0.1) is 0 Å². The molecule has 4 rings (SSSR count). The second-order valence-electron chi connectivity index (χ2n) is 8.85. The molecular formula is C25H35N3O2. The van der Waals surface area contributed by atoms with Crippen LogP contribution in [0.25, 0.3) is 10.9 Å². The maximum atomic E-state index is 12.9. The van der Waals surface area contributed by atoms with Gasteiger partial charge in [-0.2, -0.15) is 0 Å². The number of hydrogen-bond donors (Lipinski definition) is 0. The van der Waals surface area contributed by atoms with E-state index in [9.17, 15) is 4.79 Å². The largest absolute Gasteiger partial charge is 0.494 e. The molecule has 1 amide bonds. The van der Waals surface area contributed by atoms with Crippen molar-refractivity contribution in [2.75, 3.05) is 39.3 Å². The number of fused-ring (bicyclic) bond motifs is 1. The maximum Gasteiger partial charge on any atom is 0.272 e. The first-order valence-electron chi connectivity index (χ1n) is 11.8. The number of aromatic nitrogens is 1. The summed E-state index contributed by atoms with van der Waals surface area (Å²) in [6, 6.07) is 9.83. The molecule has 2 aromatic rings. The summed E-state index contributed by atoms with van der Waals surface area (Å²) in [5.74, 6) is 1.63. The Bertz CT molecular complexity index is 843. The normalized spacial score (nSPS) is 17.2. The van der Waals surface area contributed by atoms with Gasteiger partial charge in [-0.1, -0.05) is 19.4 Å². The van der Waals surface area contributed by atoms with Gasteiger partial charge in [0.2, 0.25) is 0 Å². The molecule has 0 N–H and O–H groups in total. The molecule has 1 aliphatic heterocycles. The first-order valence-corrected chi connectivity index (χ1v) is 11.8. The highest BCUT2D eigenvalue weighted by molar-refractivity contribution is 5.95. The Hall–Kier alpha value is -2.14. The minimum Gasteiger partial charge on any atom is -0.494 e. The molecule has 1 aliphatic carbocycles. The molecule has 0 radical (unpaired) electrons. The number of pyridine rings is 1. The van der Waals surface area contributed by atoms with Crippen molar-refractivity contribution in [3.63, 3.8) is 0 Å². The van der Waals surface area contributed by atoms with E-state index in [0.717, 1.165) is 55.7 Å². The van der Waals surface area contributed by atoms with Gasteiger partial charge in [0.25, 0.3) is 5.91 Å². The molecule has 162 valence electrons. The standard InChI is InChI=1S/C25H35N3O2/c1-2-13-28(19-20-7-8-20)25(29)24-11-9-21-18-22(10-12-23(21)26-24)30-17-6-16-27-14-4-3-5-15-27/h9-12,18,20H,2-8,13-17,19H2,1H3. The van der Waals surface area contributed by atoms with Gasteiger partial charge in [0.15, 0.2) is 0 Å². The monoisotopic (exact) mass is 409 g/mol. The van der Waals surface area contributed by atoms with Crippen LogP contribution in [0, 0.1) is 5.92 Å². The van der Waals surface area contributed by atoms with Gasteiger partial charge in [0, 0.05) is 25.0 Å². The van der Waals surface area contributed by atoms with Gasteiger partial charge in [-0.3, -0.25) is 4.79 Å². The molecule has 2 aliphatic rings. The van der Waals surface area contributed by atoms with Crippen LogP contribution in [0.15, 0.2) is 30.3 Å². The zero-order valence-electron chi connectivity index (χ0n) is 18.3. The summed E-state index contributed by atoms with van der Waals surface area (Å²) in [6.07, 6.45) is 8.57. The molecule has 1 saturated heterocycles. The lowest BCUT2D eigenvalue weighted by Gasteiger charge is -2.26. The van der Waals surface area contributed by atoms with E-state index in [1.165, 1.54) is 45.2 Å². The summed E-state index contributed by atoms with van der Waals surface area (Å²) in [5.41, 5.74) is 1.40. The number of benzene rings is 1. The average Bonchev–Trinajstić information content (AvgIpc) is 3.60. The van der Waals surface area contributed by atoms with Gasteiger partial charge in [0.05, 0.1) is 12.1 Å². The molecule has 5 heteroatoms. The zero-order chi connectivity index (χ0) is 20.8. The predicted molar refractivity (Wildman–Crippen MR) is 121 cm³/mol. The molecule has 1 aromatic heterocycles. The van der Waals surface area contributed by atoms with E-state index >= 15 is 0 Å². The van der Waals surface area contributed by atoms with E-state index in [1.807, 2.05) is 35.2 Å². The quantitative estimate of drug-likeness (QED) is 0.531. The summed E-state index contributed by atoms with van der Waals surface area (Å²) in [7, 11) is 0. The number of likely N-dealkylation sites (tertiary alicyclic amines) is 1. The van der Waals surface area contributed by atoms with E-state index in [1.54, 1.807) is 0 Å². The van der Waals surface area contributed by atoms with E-state index in [0.29, 0.717) is 11.6 Å². The van der Waals surface area contributed by atoms with Crippen LogP contribution in [0.2, 0.25) is 0 Å². The second-order valence-corrected chi connectivity index (χ2v) is 8.85. The summed E-state index contributed by atoms with van der Waals surface area (Å²) in [4.78, 5) is 22.1. The molecular weight excluding hydrogens is 374 g/mol. The van der Waals surface area contributed by atoms with Crippen LogP contribution in [0.5, 0.6) is 5.75 Å². The fourth-order valence-corrected chi connectivity index (χ4v) is 4.29. The number of rotatable bonds is 10. The van der Waals surface area contributed by atoms with E-state index in [4.69, 9.17) is 4.74 Å². The Labute approximate surface area is 180 Å². The number of ether oxygens (including phenoxy) is 1. The summed E-state index contributed by atoms with van der Waals surface area (Å²) < 4.78 is 5.97. The number of nitrogens with zero attached hydrogens (tertiary/aromatic N) is 3. The van der Waals surface area contributed by atoms with Crippen molar-refractivity contribution in [2.24, 2.45) is 5.92 Å². The van der Waals surface area contributed by atoms with Crippen LogP contribution >= 0.6 is 0 Å². The van der Waals surface area contributed by atoms with Gasteiger partial charge in [0.1, 0.15) is 11.4 Å². The average molecular weight is 410 g/mol. The first kappa shape index (κ1) is 21.1. The SMILES string of the molecule is CCCN(CC1CC1)C(=O)c1ccc2cc(OCCCN3CCCCC3)ccc2n1. The van der Waals surface area contributed by atoms with Crippen molar-refractivity contribution in [1.29, 1.82) is 0 Å². The smallest absolute Gasteiger partial charge is 0.272 e. The van der Waals surface area contributed by atoms with Crippen LogP contribution in [-0.2, 0) is 0 Å². The van der Waals surface area contributed by atoms with Crippen LogP contribution in [-0.4, -0.2) is 60.0 Å². The van der Waals surface area contributed by atoms with Gasteiger partial charge in [-0.25, -0.2) is 4.98 Å². The highest BCUT2D eigenvalue weighted by Gasteiger charge is 2.27. The minimum absolute atomic E-state index is 0.0590. The molecule has 0 atom stereocenters. The van der Waals surface area contributed by atoms with Crippen LogP contribution in [0.4, 0.5) is 0 Å². The topological polar surface area (TPSA) is 45.7 Å². The molecule has 5 nitrogen and oxygen atoms in total. The van der Waals surface area contributed by atoms with Crippen molar-refractivity contribution in [3.05, 3.63) is 36.0 Å². The Morgan fingerprint density at radius 3 is 2.77 bits per heavy atom. The lowest BCUT2D eigenvalue weighted by atomic mass is 10.1. The summed E-state index contributed by atoms with van der Waals surface area (Å²) in [5, 5.41) is 1.02. The first-order chi connectivity index (χ1) is 14.7. The molecule has 1 aromatic carbocycles. The maximum absolute atomic E-state index is 12.9. The summed E-state index contributed by atoms with van der Waals surface area (Å²) >= 11 is 0. The lowest BCUT2D eigenvalue weighted by Crippen LogP contribution is -2.34. The van der Waals surface area contributed by atoms with Crippen molar-refractivity contribution in [2.45, 2.75) is 51.9 Å². The highest BCUT2D eigenvalue weighted by Crippen LogP contribution is 2.30. The van der Waals surface area contributed by atoms with Crippen LogP contribution in [0.1, 0.15) is 62.4 Å². The van der Waals surface area contributed by atoms with Crippen LogP contribution < -0.4 is 4.74 Å². The van der Waals surface area contributed by atoms with Crippen molar-refractivity contribution >= 4 is 16.8 Å². The minimum atomic E-state index is 0.0590. The number of hydrogen-bond acceptors (Lipinski definition) is 4. The molecule has 0 unspecified atom stereocenters. The second kappa shape index (κ2) is 10.3. The third-order valence-electron chi connectivity index (χ3n) is 6.17. The van der Waals surface area contributed by atoms with Crippen molar-refractivity contribution in [1.82, 2.24) is 14.8 Å². The Morgan fingerprint density at radius 1 is 1.17 bits per heavy atom. The van der Waals surface area contributed by atoms with E-state index < -0.39 is 0 Å². The number of amides is 1. The molecule has 0 spiro atoms. The van der Waals surface area contributed by atoms with E-state index in [2.05, 4.69) is 16.8 Å². The molecule has 1 saturated carbocycles. The fraction of sp³-hybridized carbons (Fsp3) is 0.600. The Kier molecular flexibility index (Phi) is 7.21. The number of carbonyl (C=O) groups is 1. The van der Waals surface area contributed by atoms with E-state index in [-0.39, 0.29) is 5.91 Å². The van der Waals surface area contributed by atoms with Crippen molar-refractivity contribution < 1.29 is 9.53 Å². The molecule has 2 fully saturated rings. The Morgan fingerprint density at radius 2 is 2.00 bits per heavy atom. The Balaban J connectivity index is 1.33. The third kappa shape index (κ3) is 5.72.